The summed E-state index contributed by atoms with van der Waals surface area (Å²) < 4.78 is 1.72. The lowest BCUT2D eigenvalue weighted by atomic mass is 10.1. The van der Waals surface area contributed by atoms with Crippen molar-refractivity contribution in [1.29, 1.82) is 0 Å². The van der Waals surface area contributed by atoms with Gasteiger partial charge in [-0.15, -0.1) is 0 Å². The summed E-state index contributed by atoms with van der Waals surface area (Å²) >= 11 is 0. The van der Waals surface area contributed by atoms with Crippen molar-refractivity contribution in [3.63, 3.8) is 0 Å². The minimum absolute atomic E-state index is 0.154. The summed E-state index contributed by atoms with van der Waals surface area (Å²) in [4.78, 5) is 18.3. The largest absolute Gasteiger partial charge is 0.312 e. The fraction of sp³-hybridized carbons (Fsp3) is 0.250. The van der Waals surface area contributed by atoms with Crippen LogP contribution in [0.5, 0.6) is 0 Å². The molecule has 0 saturated heterocycles. The molecule has 2 heterocycles. The molecule has 0 amide bonds. The summed E-state index contributed by atoms with van der Waals surface area (Å²) in [6, 6.07) is 0. The second kappa shape index (κ2) is 3.69. The number of allylic oxidation sites excluding steroid dienone is 4. The van der Waals surface area contributed by atoms with Crippen LogP contribution in [-0.4, -0.2) is 19.7 Å². The van der Waals surface area contributed by atoms with E-state index in [2.05, 4.69) is 34.1 Å². The summed E-state index contributed by atoms with van der Waals surface area (Å²) in [6.45, 7) is 2.10. The number of nitrogens with zero attached hydrogens (tertiary/aromatic N) is 3. The molecular formula is C12H12N4O. The lowest BCUT2D eigenvalue weighted by Crippen LogP contribution is -2.07. The molecule has 0 unspecified atom stereocenters. The van der Waals surface area contributed by atoms with Crippen LogP contribution >= 0.6 is 0 Å². The summed E-state index contributed by atoms with van der Waals surface area (Å²) in [5, 5.41) is 4.75. The maximum atomic E-state index is 11.6. The highest BCUT2D eigenvalue weighted by Crippen LogP contribution is 2.21. The summed E-state index contributed by atoms with van der Waals surface area (Å²) in [7, 11) is 0. The number of hydrogen-bond donors (Lipinski definition) is 1. The number of H-pyrrole nitrogens is 1. The summed E-state index contributed by atoms with van der Waals surface area (Å²) in [5.41, 5.74) is 2.75. The van der Waals surface area contributed by atoms with E-state index in [0.29, 0.717) is 11.0 Å². The molecule has 0 aromatic carbocycles. The van der Waals surface area contributed by atoms with Crippen molar-refractivity contribution in [1.82, 2.24) is 19.7 Å². The van der Waals surface area contributed by atoms with Gasteiger partial charge in [-0.05, 0) is 25.8 Å². The predicted molar refractivity (Wildman–Crippen MR) is 65.4 cm³/mol. The molecule has 1 N–H and O–H groups in total. The number of rotatable bonds is 1. The van der Waals surface area contributed by atoms with E-state index in [1.165, 1.54) is 11.9 Å². The fourth-order valence-corrected chi connectivity index (χ4v) is 2.02. The average molecular weight is 228 g/mol. The van der Waals surface area contributed by atoms with Crippen molar-refractivity contribution in [2.45, 2.75) is 19.8 Å². The molecule has 0 atom stereocenters. The molecule has 1 aliphatic carbocycles. The molecule has 2 aromatic rings. The van der Waals surface area contributed by atoms with Crippen LogP contribution in [0.3, 0.4) is 0 Å². The highest BCUT2D eigenvalue weighted by atomic mass is 16.1. The molecule has 0 bridgehead atoms. The van der Waals surface area contributed by atoms with E-state index in [1.54, 1.807) is 10.9 Å². The van der Waals surface area contributed by atoms with Gasteiger partial charge in [0.2, 0.25) is 0 Å². The highest BCUT2D eigenvalue weighted by Gasteiger charge is 2.11. The molecule has 5 nitrogen and oxygen atoms in total. The Morgan fingerprint density at radius 1 is 1.47 bits per heavy atom. The normalized spacial score (nSPS) is 15.8. The van der Waals surface area contributed by atoms with E-state index < -0.39 is 0 Å². The van der Waals surface area contributed by atoms with Gasteiger partial charge in [-0.1, -0.05) is 11.6 Å². The van der Waals surface area contributed by atoms with E-state index in [0.717, 1.165) is 18.5 Å². The molecule has 5 heteroatoms. The van der Waals surface area contributed by atoms with Crippen molar-refractivity contribution in [3.05, 3.63) is 40.6 Å². The molecule has 0 aliphatic heterocycles. The van der Waals surface area contributed by atoms with Crippen molar-refractivity contribution in [2.24, 2.45) is 0 Å². The standard InChI is InChI=1S/C12H12N4O/c1-8-3-2-4-9(5-8)16-11-10(6-15-16)12(17)14-7-13-11/h4-7H,2-3H2,1H3,(H,13,14,17). The first-order valence-corrected chi connectivity index (χ1v) is 5.55. The lowest BCUT2D eigenvalue weighted by Gasteiger charge is -2.10. The highest BCUT2D eigenvalue weighted by molar-refractivity contribution is 5.78. The predicted octanol–water partition coefficient (Wildman–Crippen LogP) is 1.70. The second-order valence-corrected chi connectivity index (χ2v) is 4.18. The van der Waals surface area contributed by atoms with Crippen LogP contribution in [0.25, 0.3) is 16.7 Å². The van der Waals surface area contributed by atoms with Crippen LogP contribution in [0.1, 0.15) is 19.8 Å². The topological polar surface area (TPSA) is 63.6 Å². The number of fused-ring (bicyclic) bond motifs is 1. The number of nitrogens with one attached hydrogen (secondary N) is 1. The van der Waals surface area contributed by atoms with Gasteiger partial charge in [0, 0.05) is 0 Å². The van der Waals surface area contributed by atoms with Gasteiger partial charge in [-0.3, -0.25) is 4.79 Å². The van der Waals surface area contributed by atoms with Crippen LogP contribution < -0.4 is 5.56 Å². The Morgan fingerprint density at radius 3 is 3.18 bits per heavy atom. The molecule has 0 spiro atoms. The molecule has 2 aromatic heterocycles. The third kappa shape index (κ3) is 1.60. The SMILES string of the molecule is CC1=CC(n2ncc3c(=O)[nH]cnc32)=CCC1. The Hall–Kier alpha value is -2.17. The first-order valence-electron chi connectivity index (χ1n) is 5.55. The molecule has 86 valence electrons. The minimum atomic E-state index is -0.154. The Kier molecular flexibility index (Phi) is 2.18. The molecule has 1 aliphatic rings. The lowest BCUT2D eigenvalue weighted by molar-refractivity contribution is 0.883. The smallest absolute Gasteiger partial charge is 0.261 e. The van der Waals surface area contributed by atoms with Crippen LogP contribution in [-0.2, 0) is 0 Å². The van der Waals surface area contributed by atoms with E-state index in [9.17, 15) is 4.79 Å². The Bertz CT molecular complexity index is 690. The Balaban J connectivity index is 2.22. The maximum absolute atomic E-state index is 11.6. The Labute approximate surface area is 97.5 Å². The number of aromatic amines is 1. The van der Waals surface area contributed by atoms with E-state index in [4.69, 9.17) is 0 Å². The zero-order valence-electron chi connectivity index (χ0n) is 9.47. The monoisotopic (exact) mass is 228 g/mol. The van der Waals surface area contributed by atoms with Crippen molar-refractivity contribution >= 4 is 16.7 Å². The van der Waals surface area contributed by atoms with Gasteiger partial charge in [0.15, 0.2) is 5.65 Å². The van der Waals surface area contributed by atoms with E-state index in [-0.39, 0.29) is 5.56 Å². The first kappa shape index (κ1) is 10.0. The van der Waals surface area contributed by atoms with Crippen molar-refractivity contribution < 1.29 is 0 Å². The van der Waals surface area contributed by atoms with Crippen LogP contribution in [0.2, 0.25) is 0 Å². The first-order chi connectivity index (χ1) is 8.25. The minimum Gasteiger partial charge on any atom is -0.312 e. The van der Waals surface area contributed by atoms with Gasteiger partial charge >= 0.3 is 0 Å². The molecule has 3 rings (SSSR count). The molecular weight excluding hydrogens is 216 g/mol. The van der Waals surface area contributed by atoms with E-state index in [1.807, 2.05) is 0 Å². The molecule has 17 heavy (non-hydrogen) atoms. The van der Waals surface area contributed by atoms with Crippen LogP contribution in [0.15, 0.2) is 35.0 Å². The van der Waals surface area contributed by atoms with Gasteiger partial charge in [0.05, 0.1) is 18.2 Å². The summed E-state index contributed by atoms with van der Waals surface area (Å²) in [5.74, 6) is 0. The van der Waals surface area contributed by atoms with Gasteiger partial charge in [0.1, 0.15) is 5.39 Å². The van der Waals surface area contributed by atoms with E-state index >= 15 is 0 Å². The molecule has 0 saturated carbocycles. The second-order valence-electron chi connectivity index (χ2n) is 4.18. The van der Waals surface area contributed by atoms with Crippen molar-refractivity contribution in [2.75, 3.05) is 0 Å². The third-order valence-corrected chi connectivity index (χ3v) is 2.90. The zero-order valence-corrected chi connectivity index (χ0v) is 9.47. The number of aromatic nitrogens is 4. The van der Waals surface area contributed by atoms with Crippen molar-refractivity contribution in [3.8, 4) is 0 Å². The molecule has 0 fully saturated rings. The maximum Gasteiger partial charge on any atom is 0.261 e. The molecule has 0 radical (unpaired) electrons. The van der Waals surface area contributed by atoms with Gasteiger partial charge in [-0.2, -0.15) is 5.10 Å². The Morgan fingerprint density at radius 2 is 2.35 bits per heavy atom. The number of hydrogen-bond acceptors (Lipinski definition) is 3. The third-order valence-electron chi connectivity index (χ3n) is 2.90. The van der Waals surface area contributed by atoms with Crippen LogP contribution in [0, 0.1) is 0 Å². The van der Waals surface area contributed by atoms with Gasteiger partial charge in [0.25, 0.3) is 5.56 Å². The zero-order chi connectivity index (χ0) is 11.8. The van der Waals surface area contributed by atoms with Gasteiger partial charge in [-0.25, -0.2) is 9.67 Å². The van der Waals surface area contributed by atoms with Crippen LogP contribution in [0.4, 0.5) is 0 Å². The summed E-state index contributed by atoms with van der Waals surface area (Å²) in [6.07, 6.45) is 9.24. The van der Waals surface area contributed by atoms with Gasteiger partial charge < -0.3 is 4.98 Å². The fourth-order valence-electron chi connectivity index (χ4n) is 2.02. The quantitative estimate of drug-likeness (QED) is 0.808. The average Bonchev–Trinajstić information content (AvgIpc) is 2.74.